The van der Waals surface area contributed by atoms with Crippen molar-refractivity contribution in [3.05, 3.63) is 65.2 Å². The van der Waals surface area contributed by atoms with E-state index in [-0.39, 0.29) is 18.5 Å². The fraction of sp³-hybridized carbons (Fsp3) is 0.333. The van der Waals surface area contributed by atoms with E-state index in [0.717, 1.165) is 11.1 Å². The quantitative estimate of drug-likeness (QED) is 0.798. The number of benzene rings is 2. The van der Waals surface area contributed by atoms with Gasteiger partial charge in [-0.15, -0.1) is 0 Å². The van der Waals surface area contributed by atoms with Crippen molar-refractivity contribution in [2.75, 3.05) is 19.7 Å². The fourth-order valence-electron chi connectivity index (χ4n) is 3.71. The Hall–Kier alpha value is -2.82. The fourth-order valence-corrected chi connectivity index (χ4v) is 3.71. The minimum absolute atomic E-state index is 0.0203. The molecule has 2 aromatic rings. The number of rotatable bonds is 3. The summed E-state index contributed by atoms with van der Waals surface area (Å²) < 4.78 is 11.3. The second-order valence-corrected chi connectivity index (χ2v) is 6.91. The minimum Gasteiger partial charge on any atom is -0.484 e. The van der Waals surface area contributed by atoms with Gasteiger partial charge in [0.05, 0.1) is 5.56 Å². The average Bonchev–Trinajstić information content (AvgIpc) is 2.94. The van der Waals surface area contributed by atoms with Gasteiger partial charge in [0.1, 0.15) is 11.4 Å². The van der Waals surface area contributed by atoms with E-state index >= 15 is 0 Å². The normalized spacial score (nSPS) is 17.7. The van der Waals surface area contributed by atoms with Gasteiger partial charge in [0.15, 0.2) is 6.61 Å². The van der Waals surface area contributed by atoms with Crippen LogP contribution in [0.25, 0.3) is 0 Å². The molecular formula is C21H21NO4. The maximum absolute atomic E-state index is 12.4. The topological polar surface area (TPSA) is 55.8 Å². The van der Waals surface area contributed by atoms with Gasteiger partial charge in [-0.05, 0) is 25.1 Å². The summed E-state index contributed by atoms with van der Waals surface area (Å²) in [6, 6.07) is 15.2. The maximum atomic E-state index is 12.4. The van der Waals surface area contributed by atoms with Crippen molar-refractivity contribution in [3.8, 4) is 5.75 Å². The lowest BCUT2D eigenvalue weighted by atomic mass is 9.84. The van der Waals surface area contributed by atoms with Crippen LogP contribution in [0.15, 0.2) is 48.5 Å². The molecule has 0 aliphatic carbocycles. The van der Waals surface area contributed by atoms with Crippen LogP contribution in [-0.4, -0.2) is 36.5 Å². The van der Waals surface area contributed by atoms with Crippen LogP contribution >= 0.6 is 0 Å². The molecule has 134 valence electrons. The Morgan fingerprint density at radius 3 is 2.54 bits per heavy atom. The van der Waals surface area contributed by atoms with E-state index in [1.807, 2.05) is 49.4 Å². The highest BCUT2D eigenvalue weighted by Gasteiger charge is 2.47. The van der Waals surface area contributed by atoms with Crippen molar-refractivity contribution in [3.63, 3.8) is 0 Å². The van der Waals surface area contributed by atoms with Gasteiger partial charge in [0, 0.05) is 31.5 Å². The molecule has 0 saturated carbocycles. The highest BCUT2D eigenvalue weighted by atomic mass is 16.6. The summed E-state index contributed by atoms with van der Waals surface area (Å²) in [5.41, 5.74) is 2.17. The van der Waals surface area contributed by atoms with Gasteiger partial charge >= 0.3 is 5.97 Å². The Bertz CT molecular complexity index is 835. The first-order chi connectivity index (χ1) is 12.6. The van der Waals surface area contributed by atoms with Gasteiger partial charge in [-0.2, -0.15) is 0 Å². The molecule has 2 aliphatic rings. The van der Waals surface area contributed by atoms with E-state index in [0.29, 0.717) is 37.2 Å². The zero-order valence-corrected chi connectivity index (χ0v) is 14.7. The third kappa shape index (κ3) is 2.94. The van der Waals surface area contributed by atoms with E-state index in [9.17, 15) is 9.59 Å². The summed E-state index contributed by atoms with van der Waals surface area (Å²) in [6.45, 7) is 3.13. The predicted octanol–water partition coefficient (Wildman–Crippen LogP) is 3.06. The molecule has 0 N–H and O–H groups in total. The van der Waals surface area contributed by atoms with Crippen molar-refractivity contribution in [2.45, 2.75) is 25.4 Å². The summed E-state index contributed by atoms with van der Waals surface area (Å²) in [5, 5.41) is 0. The maximum Gasteiger partial charge on any atom is 0.339 e. The molecule has 2 heterocycles. The van der Waals surface area contributed by atoms with Crippen LogP contribution in [0.5, 0.6) is 5.75 Å². The van der Waals surface area contributed by atoms with E-state index in [2.05, 4.69) is 0 Å². The third-order valence-electron chi connectivity index (χ3n) is 5.23. The summed E-state index contributed by atoms with van der Waals surface area (Å²) >= 11 is 0. The molecule has 26 heavy (non-hydrogen) atoms. The smallest absolute Gasteiger partial charge is 0.339 e. The number of carbonyl (C=O) groups is 2. The van der Waals surface area contributed by atoms with Crippen molar-refractivity contribution in [2.24, 2.45) is 0 Å². The summed E-state index contributed by atoms with van der Waals surface area (Å²) in [5.74, 6) is 0.386. The Morgan fingerprint density at radius 2 is 1.81 bits per heavy atom. The number of hydrogen-bond acceptors (Lipinski definition) is 4. The zero-order valence-electron chi connectivity index (χ0n) is 14.7. The van der Waals surface area contributed by atoms with E-state index in [1.165, 1.54) is 0 Å². The molecule has 1 saturated heterocycles. The van der Waals surface area contributed by atoms with E-state index in [4.69, 9.17) is 9.47 Å². The van der Waals surface area contributed by atoms with E-state index in [1.54, 1.807) is 11.0 Å². The van der Waals surface area contributed by atoms with Crippen LogP contribution in [0.2, 0.25) is 0 Å². The van der Waals surface area contributed by atoms with E-state index < -0.39 is 5.60 Å². The number of hydrogen-bond donors (Lipinski definition) is 0. The monoisotopic (exact) mass is 351 g/mol. The Balaban J connectivity index is 1.37. The molecule has 1 fully saturated rings. The number of likely N-dealkylation sites (tertiary alicyclic amines) is 1. The number of amides is 1. The molecule has 1 amide bonds. The molecule has 1 spiro atoms. The standard InChI is InChI=1S/C21H21NO4/c1-15-6-8-16(9-7-15)25-14-19(23)22-12-10-21(11-13-22)18-5-3-2-4-17(18)20(24)26-21/h2-9H,10-14H2,1H3. The largest absolute Gasteiger partial charge is 0.484 e. The van der Waals surface area contributed by atoms with Gasteiger partial charge < -0.3 is 14.4 Å². The summed E-state index contributed by atoms with van der Waals surface area (Å²) in [6.07, 6.45) is 1.23. The zero-order chi connectivity index (χ0) is 18.1. The first-order valence-electron chi connectivity index (χ1n) is 8.87. The van der Waals surface area contributed by atoms with Gasteiger partial charge in [0.25, 0.3) is 5.91 Å². The number of aryl methyl sites for hydroxylation is 1. The average molecular weight is 351 g/mol. The second-order valence-electron chi connectivity index (χ2n) is 6.91. The number of piperidine rings is 1. The molecule has 0 bridgehead atoms. The Labute approximate surface area is 152 Å². The number of fused-ring (bicyclic) bond motifs is 2. The van der Waals surface area contributed by atoms with Crippen molar-refractivity contribution in [1.82, 2.24) is 4.90 Å². The van der Waals surface area contributed by atoms with Crippen LogP contribution in [0.3, 0.4) is 0 Å². The van der Waals surface area contributed by atoms with Crippen LogP contribution in [0.1, 0.15) is 34.3 Å². The van der Waals surface area contributed by atoms with Crippen LogP contribution in [-0.2, 0) is 15.1 Å². The molecule has 5 heteroatoms. The highest BCUT2D eigenvalue weighted by molar-refractivity contribution is 5.94. The van der Waals surface area contributed by atoms with Crippen molar-refractivity contribution < 1.29 is 19.1 Å². The van der Waals surface area contributed by atoms with Crippen molar-refractivity contribution in [1.29, 1.82) is 0 Å². The molecule has 2 aliphatic heterocycles. The molecule has 0 atom stereocenters. The third-order valence-corrected chi connectivity index (χ3v) is 5.23. The van der Waals surface area contributed by atoms with Gasteiger partial charge in [0.2, 0.25) is 0 Å². The molecule has 0 radical (unpaired) electrons. The number of nitrogens with zero attached hydrogens (tertiary/aromatic N) is 1. The predicted molar refractivity (Wildman–Crippen MR) is 96.0 cm³/mol. The SMILES string of the molecule is Cc1ccc(OCC(=O)N2CCC3(CC2)OC(=O)c2ccccc23)cc1. The van der Waals surface area contributed by atoms with Crippen LogP contribution < -0.4 is 4.74 Å². The van der Waals surface area contributed by atoms with Gasteiger partial charge in [-0.1, -0.05) is 35.9 Å². The van der Waals surface area contributed by atoms with Crippen LogP contribution in [0, 0.1) is 6.92 Å². The Kier molecular flexibility index (Phi) is 4.15. The minimum atomic E-state index is -0.581. The number of ether oxygens (including phenoxy) is 2. The molecule has 2 aromatic carbocycles. The van der Waals surface area contributed by atoms with Gasteiger partial charge in [-0.3, -0.25) is 4.79 Å². The second kappa shape index (κ2) is 6.48. The molecule has 0 aromatic heterocycles. The molecule has 4 rings (SSSR count). The summed E-state index contributed by atoms with van der Waals surface area (Å²) in [7, 11) is 0. The first kappa shape index (κ1) is 16.6. The number of carbonyl (C=O) groups excluding carboxylic acids is 2. The van der Waals surface area contributed by atoms with Crippen molar-refractivity contribution >= 4 is 11.9 Å². The molecule has 0 unspecified atom stereocenters. The first-order valence-corrected chi connectivity index (χ1v) is 8.87. The summed E-state index contributed by atoms with van der Waals surface area (Å²) in [4.78, 5) is 26.3. The number of esters is 1. The lowest BCUT2D eigenvalue weighted by Gasteiger charge is -2.38. The highest BCUT2D eigenvalue weighted by Crippen LogP contribution is 2.43. The lowest BCUT2D eigenvalue weighted by Crippen LogP contribution is -2.46. The van der Waals surface area contributed by atoms with Crippen LogP contribution in [0.4, 0.5) is 0 Å². The molecular weight excluding hydrogens is 330 g/mol. The Morgan fingerprint density at radius 1 is 1.12 bits per heavy atom. The lowest BCUT2D eigenvalue weighted by molar-refractivity contribution is -0.137. The molecule has 5 nitrogen and oxygen atoms in total. The van der Waals surface area contributed by atoms with Gasteiger partial charge in [-0.25, -0.2) is 4.79 Å².